The lowest BCUT2D eigenvalue weighted by molar-refractivity contribution is -0.135. The Labute approximate surface area is 85.1 Å². The monoisotopic (exact) mass is 224 g/mol. The van der Waals surface area contributed by atoms with E-state index < -0.39 is 11.9 Å². The maximum absolute atomic E-state index is 10.2. The molecule has 13 heavy (non-hydrogen) atoms. The van der Waals surface area contributed by atoms with Gasteiger partial charge in [-0.15, -0.1) is 23.5 Å². The Kier molecular flexibility index (Phi) is 6.89. The molecule has 0 fully saturated rings. The van der Waals surface area contributed by atoms with Gasteiger partial charge in [0.1, 0.15) is 0 Å². The standard InChI is InChI=1S/C7H12O4S2/c1-5(13-4-7(10)11)2-12-3-6(8)9/h5H,2-4H2,1H3,(H,8,9)(H,10,11). The van der Waals surface area contributed by atoms with Gasteiger partial charge in [-0.2, -0.15) is 0 Å². The number of hydrogen-bond acceptors (Lipinski definition) is 4. The van der Waals surface area contributed by atoms with E-state index in [1.807, 2.05) is 6.92 Å². The van der Waals surface area contributed by atoms with Crippen molar-refractivity contribution in [1.82, 2.24) is 0 Å². The molecule has 0 saturated heterocycles. The van der Waals surface area contributed by atoms with E-state index in [1.54, 1.807) is 0 Å². The van der Waals surface area contributed by atoms with Crippen LogP contribution in [0.25, 0.3) is 0 Å². The molecular weight excluding hydrogens is 212 g/mol. The zero-order chi connectivity index (χ0) is 10.3. The molecule has 1 atom stereocenters. The van der Waals surface area contributed by atoms with E-state index in [1.165, 1.54) is 23.5 Å². The van der Waals surface area contributed by atoms with Crippen molar-refractivity contribution >= 4 is 35.5 Å². The molecule has 0 amide bonds. The minimum atomic E-state index is -0.833. The molecule has 2 N–H and O–H groups in total. The summed E-state index contributed by atoms with van der Waals surface area (Å²) in [5.41, 5.74) is 0. The van der Waals surface area contributed by atoms with Gasteiger partial charge in [-0.3, -0.25) is 9.59 Å². The first-order valence-electron chi connectivity index (χ1n) is 3.65. The van der Waals surface area contributed by atoms with Crippen LogP contribution < -0.4 is 0 Å². The summed E-state index contributed by atoms with van der Waals surface area (Å²) in [5.74, 6) is -0.836. The van der Waals surface area contributed by atoms with Gasteiger partial charge in [0, 0.05) is 11.0 Å². The lowest BCUT2D eigenvalue weighted by Crippen LogP contribution is -2.08. The molecule has 1 unspecified atom stereocenters. The molecular formula is C7H12O4S2. The molecule has 76 valence electrons. The topological polar surface area (TPSA) is 74.6 Å². The van der Waals surface area contributed by atoms with Crippen molar-refractivity contribution in [2.45, 2.75) is 12.2 Å². The van der Waals surface area contributed by atoms with Crippen LogP contribution in [0.3, 0.4) is 0 Å². The molecule has 0 aliphatic carbocycles. The lowest BCUT2D eigenvalue weighted by atomic mass is 10.6. The smallest absolute Gasteiger partial charge is 0.313 e. The van der Waals surface area contributed by atoms with Crippen LogP contribution in [-0.2, 0) is 9.59 Å². The van der Waals surface area contributed by atoms with Gasteiger partial charge in [-0.25, -0.2) is 0 Å². The van der Waals surface area contributed by atoms with E-state index in [4.69, 9.17) is 10.2 Å². The predicted octanol–water partition coefficient (Wildman–Crippen LogP) is 1.01. The zero-order valence-corrected chi connectivity index (χ0v) is 8.86. The van der Waals surface area contributed by atoms with Gasteiger partial charge < -0.3 is 10.2 Å². The molecule has 4 nitrogen and oxygen atoms in total. The summed E-state index contributed by atoms with van der Waals surface area (Å²) in [5, 5.41) is 16.9. The Morgan fingerprint density at radius 1 is 1.23 bits per heavy atom. The van der Waals surface area contributed by atoms with Crippen LogP contribution in [0.2, 0.25) is 0 Å². The number of carboxylic acids is 2. The van der Waals surface area contributed by atoms with Crippen LogP contribution in [0.4, 0.5) is 0 Å². The third kappa shape index (κ3) is 9.55. The van der Waals surface area contributed by atoms with Gasteiger partial charge in [0.05, 0.1) is 11.5 Å². The van der Waals surface area contributed by atoms with Crippen molar-refractivity contribution in [3.05, 3.63) is 0 Å². The zero-order valence-electron chi connectivity index (χ0n) is 7.23. The first kappa shape index (κ1) is 12.6. The van der Waals surface area contributed by atoms with Crippen molar-refractivity contribution in [2.24, 2.45) is 0 Å². The summed E-state index contributed by atoms with van der Waals surface area (Å²) in [6.07, 6.45) is 0. The van der Waals surface area contributed by atoms with Gasteiger partial charge in [0.25, 0.3) is 0 Å². The number of thioether (sulfide) groups is 2. The van der Waals surface area contributed by atoms with Crippen molar-refractivity contribution < 1.29 is 19.8 Å². The first-order valence-corrected chi connectivity index (χ1v) is 5.85. The number of hydrogen-bond donors (Lipinski definition) is 2. The van der Waals surface area contributed by atoms with E-state index in [2.05, 4.69) is 0 Å². The number of rotatable bonds is 7. The van der Waals surface area contributed by atoms with Crippen LogP contribution in [0.15, 0.2) is 0 Å². The third-order valence-electron chi connectivity index (χ3n) is 1.07. The minimum absolute atomic E-state index is 0.0782. The van der Waals surface area contributed by atoms with E-state index in [0.29, 0.717) is 5.75 Å². The van der Waals surface area contributed by atoms with Crippen LogP contribution in [0.5, 0.6) is 0 Å². The number of carboxylic acid groups (broad SMARTS) is 2. The van der Waals surface area contributed by atoms with Crippen LogP contribution in [-0.4, -0.2) is 44.7 Å². The Bertz CT molecular complexity index is 183. The molecule has 0 heterocycles. The fourth-order valence-corrected chi connectivity index (χ4v) is 2.30. The fraction of sp³-hybridized carbons (Fsp3) is 0.714. The van der Waals surface area contributed by atoms with Crippen molar-refractivity contribution in [2.75, 3.05) is 17.3 Å². The van der Waals surface area contributed by atoms with Crippen molar-refractivity contribution in [3.63, 3.8) is 0 Å². The Hall–Kier alpha value is -0.360. The highest BCUT2D eigenvalue weighted by atomic mass is 32.2. The second kappa shape index (κ2) is 7.08. The summed E-state index contributed by atoms with van der Waals surface area (Å²) < 4.78 is 0. The Morgan fingerprint density at radius 2 is 1.77 bits per heavy atom. The summed E-state index contributed by atoms with van der Waals surface area (Å²) in [6, 6.07) is 0. The SMILES string of the molecule is CC(CSCC(=O)O)SCC(=O)O. The predicted molar refractivity (Wildman–Crippen MR) is 54.5 cm³/mol. The van der Waals surface area contributed by atoms with Crippen molar-refractivity contribution in [3.8, 4) is 0 Å². The van der Waals surface area contributed by atoms with Gasteiger partial charge in [-0.1, -0.05) is 6.92 Å². The maximum Gasteiger partial charge on any atom is 0.313 e. The average molecular weight is 224 g/mol. The number of aliphatic carboxylic acids is 2. The normalized spacial score (nSPS) is 12.4. The highest BCUT2D eigenvalue weighted by molar-refractivity contribution is 8.03. The second-order valence-corrected chi connectivity index (χ2v) is 4.88. The number of carbonyl (C=O) groups is 2. The molecule has 0 saturated carbocycles. The summed E-state index contributed by atoms with van der Waals surface area (Å²) in [6.45, 7) is 1.89. The quantitative estimate of drug-likeness (QED) is 0.672. The van der Waals surface area contributed by atoms with Crippen LogP contribution >= 0.6 is 23.5 Å². The Balaban J connectivity index is 3.35. The van der Waals surface area contributed by atoms with Crippen molar-refractivity contribution in [1.29, 1.82) is 0 Å². The van der Waals surface area contributed by atoms with Crippen LogP contribution in [0.1, 0.15) is 6.92 Å². The largest absolute Gasteiger partial charge is 0.481 e. The van der Waals surface area contributed by atoms with Gasteiger partial charge >= 0.3 is 11.9 Å². The fourth-order valence-electron chi connectivity index (χ4n) is 0.574. The molecule has 0 aromatic rings. The summed E-state index contributed by atoms with van der Waals surface area (Å²) >= 11 is 2.63. The second-order valence-electron chi connectivity index (χ2n) is 2.42. The summed E-state index contributed by atoms with van der Waals surface area (Å²) in [4.78, 5) is 20.3. The molecule has 0 rings (SSSR count). The Morgan fingerprint density at radius 3 is 2.23 bits per heavy atom. The first-order chi connectivity index (χ1) is 6.02. The molecule has 0 aliphatic rings. The van der Waals surface area contributed by atoms with Crippen LogP contribution in [0, 0.1) is 0 Å². The summed E-state index contributed by atoms with van der Waals surface area (Å²) in [7, 11) is 0. The minimum Gasteiger partial charge on any atom is -0.481 e. The maximum atomic E-state index is 10.2. The molecule has 0 radical (unpaired) electrons. The van der Waals surface area contributed by atoms with Gasteiger partial charge in [-0.05, 0) is 0 Å². The van der Waals surface area contributed by atoms with E-state index in [9.17, 15) is 9.59 Å². The lowest BCUT2D eigenvalue weighted by Gasteiger charge is -2.07. The van der Waals surface area contributed by atoms with Gasteiger partial charge in [0.15, 0.2) is 0 Å². The molecule has 0 spiro atoms. The highest BCUT2D eigenvalue weighted by Gasteiger charge is 2.06. The molecule has 6 heteroatoms. The van der Waals surface area contributed by atoms with E-state index in [0.717, 1.165) is 0 Å². The molecule has 0 aromatic carbocycles. The van der Waals surface area contributed by atoms with E-state index >= 15 is 0 Å². The van der Waals surface area contributed by atoms with E-state index in [-0.39, 0.29) is 16.8 Å². The third-order valence-corrected chi connectivity index (χ3v) is 3.62. The van der Waals surface area contributed by atoms with Gasteiger partial charge in [0.2, 0.25) is 0 Å². The molecule has 0 aromatic heterocycles. The average Bonchev–Trinajstić information content (AvgIpc) is 2.00. The molecule has 0 aliphatic heterocycles. The highest BCUT2D eigenvalue weighted by Crippen LogP contribution is 2.15. The molecule has 0 bridgehead atoms.